The Kier molecular flexibility index (Phi) is 7.10. The molecule has 2 rings (SSSR count). The number of carbonyl (C=O) groups excluding carboxylic acids is 1. The van der Waals surface area contributed by atoms with Crippen LogP contribution in [-0.4, -0.2) is 24.8 Å². The van der Waals surface area contributed by atoms with E-state index in [9.17, 15) is 4.79 Å². The van der Waals surface area contributed by atoms with Crippen molar-refractivity contribution in [3.05, 3.63) is 58.1 Å². The number of anilines is 1. The highest BCUT2D eigenvalue weighted by Gasteiger charge is 2.12. The number of hydrogen-bond acceptors (Lipinski definition) is 4. The van der Waals surface area contributed by atoms with E-state index in [0.717, 1.165) is 11.3 Å². The normalized spacial score (nSPS) is 12.0. The molecule has 1 atom stereocenters. The fourth-order valence-electron chi connectivity index (χ4n) is 1.99. The van der Waals surface area contributed by atoms with Crippen LogP contribution in [0.1, 0.15) is 19.4 Å². The summed E-state index contributed by atoms with van der Waals surface area (Å²) < 4.78 is 5.37. The minimum absolute atomic E-state index is 0.270. The van der Waals surface area contributed by atoms with Gasteiger partial charge in [-0.05, 0) is 61.9 Å². The van der Waals surface area contributed by atoms with Gasteiger partial charge in [-0.25, -0.2) is 5.43 Å². The third-order valence-electron chi connectivity index (χ3n) is 3.28. The van der Waals surface area contributed by atoms with Gasteiger partial charge in [0.05, 0.1) is 22.9 Å². The first-order chi connectivity index (χ1) is 12.0. The first-order valence-electron chi connectivity index (χ1n) is 7.77. The number of carbonyl (C=O) groups is 1. The fourth-order valence-corrected chi connectivity index (χ4v) is 2.28. The number of nitrogens with zero attached hydrogens (tertiary/aromatic N) is 1. The maximum absolute atomic E-state index is 12.1. The van der Waals surface area contributed by atoms with Crippen LogP contribution in [0.5, 0.6) is 5.75 Å². The zero-order chi connectivity index (χ0) is 18.2. The van der Waals surface area contributed by atoms with Crippen molar-refractivity contribution in [1.29, 1.82) is 0 Å². The minimum Gasteiger partial charge on any atom is -0.494 e. The molecule has 25 heavy (non-hydrogen) atoms. The number of halogens is 2. The van der Waals surface area contributed by atoms with Crippen molar-refractivity contribution in [2.45, 2.75) is 19.9 Å². The van der Waals surface area contributed by atoms with Gasteiger partial charge in [0.25, 0.3) is 5.91 Å². The van der Waals surface area contributed by atoms with Crippen molar-refractivity contribution in [2.24, 2.45) is 5.10 Å². The van der Waals surface area contributed by atoms with Gasteiger partial charge in [0.1, 0.15) is 11.8 Å². The Morgan fingerprint density at radius 2 is 1.92 bits per heavy atom. The lowest BCUT2D eigenvalue weighted by Gasteiger charge is -2.13. The van der Waals surface area contributed by atoms with Crippen LogP contribution in [0.25, 0.3) is 0 Å². The molecule has 0 aromatic heterocycles. The van der Waals surface area contributed by atoms with Crippen molar-refractivity contribution in [3.63, 3.8) is 0 Å². The molecule has 2 aromatic carbocycles. The van der Waals surface area contributed by atoms with E-state index < -0.39 is 6.04 Å². The van der Waals surface area contributed by atoms with Crippen LogP contribution < -0.4 is 15.5 Å². The first-order valence-corrected chi connectivity index (χ1v) is 8.52. The van der Waals surface area contributed by atoms with Crippen molar-refractivity contribution >= 4 is 41.0 Å². The molecule has 0 saturated heterocycles. The van der Waals surface area contributed by atoms with Crippen LogP contribution in [0.3, 0.4) is 0 Å². The van der Waals surface area contributed by atoms with Crippen molar-refractivity contribution in [3.8, 4) is 5.75 Å². The van der Waals surface area contributed by atoms with E-state index >= 15 is 0 Å². The molecular weight excluding hydrogens is 361 g/mol. The Morgan fingerprint density at radius 1 is 1.20 bits per heavy atom. The molecule has 0 radical (unpaired) electrons. The van der Waals surface area contributed by atoms with Gasteiger partial charge >= 0.3 is 0 Å². The van der Waals surface area contributed by atoms with Gasteiger partial charge in [0.2, 0.25) is 0 Å². The number of amides is 1. The van der Waals surface area contributed by atoms with E-state index in [2.05, 4.69) is 15.8 Å². The molecule has 0 bridgehead atoms. The van der Waals surface area contributed by atoms with E-state index in [1.54, 1.807) is 31.3 Å². The van der Waals surface area contributed by atoms with E-state index in [0.29, 0.717) is 22.3 Å². The predicted octanol–water partition coefficient (Wildman–Crippen LogP) is 4.34. The molecule has 0 saturated carbocycles. The Labute approximate surface area is 157 Å². The molecule has 0 aliphatic carbocycles. The van der Waals surface area contributed by atoms with E-state index in [1.165, 1.54) is 0 Å². The Hall–Kier alpha value is -2.24. The molecule has 132 valence electrons. The number of benzene rings is 2. The molecule has 7 heteroatoms. The van der Waals surface area contributed by atoms with Crippen LogP contribution in [0.2, 0.25) is 10.0 Å². The molecule has 1 unspecified atom stereocenters. The quantitative estimate of drug-likeness (QED) is 0.555. The van der Waals surface area contributed by atoms with E-state index in [4.69, 9.17) is 27.9 Å². The van der Waals surface area contributed by atoms with Crippen LogP contribution in [0, 0.1) is 0 Å². The smallest absolute Gasteiger partial charge is 0.262 e. The third-order valence-corrected chi connectivity index (χ3v) is 4.01. The summed E-state index contributed by atoms with van der Waals surface area (Å²) in [5, 5.41) is 7.88. The van der Waals surface area contributed by atoms with Crippen LogP contribution in [0.4, 0.5) is 5.69 Å². The van der Waals surface area contributed by atoms with Gasteiger partial charge in [-0.1, -0.05) is 23.2 Å². The zero-order valence-electron chi connectivity index (χ0n) is 13.9. The Bertz CT molecular complexity index is 748. The number of hydrazone groups is 1. The fraction of sp³-hybridized carbons (Fsp3) is 0.222. The van der Waals surface area contributed by atoms with Crippen molar-refractivity contribution in [1.82, 2.24) is 5.43 Å². The average Bonchev–Trinajstić information content (AvgIpc) is 2.60. The summed E-state index contributed by atoms with van der Waals surface area (Å²) in [6.45, 7) is 4.27. The summed E-state index contributed by atoms with van der Waals surface area (Å²) in [5.41, 5.74) is 4.05. The largest absolute Gasteiger partial charge is 0.494 e. The van der Waals surface area contributed by atoms with Crippen molar-refractivity contribution < 1.29 is 9.53 Å². The molecule has 0 aliphatic rings. The summed E-state index contributed by atoms with van der Waals surface area (Å²) >= 11 is 11.8. The van der Waals surface area contributed by atoms with Gasteiger partial charge in [0, 0.05) is 5.69 Å². The second-order valence-corrected chi connectivity index (χ2v) is 6.05. The standard InChI is InChI=1S/C18H19Cl2N3O2/c1-3-25-15-7-4-13(5-8-15)11-21-23-18(24)12(2)22-14-6-9-16(19)17(20)10-14/h4-12,22H,3H2,1-2H3,(H,23,24)/b21-11+. The molecule has 2 aromatic rings. The predicted molar refractivity (Wildman–Crippen MR) is 103 cm³/mol. The molecule has 5 nitrogen and oxygen atoms in total. The summed E-state index contributed by atoms with van der Waals surface area (Å²) in [4.78, 5) is 12.1. The van der Waals surface area contributed by atoms with E-state index in [-0.39, 0.29) is 5.91 Å². The molecule has 0 aliphatic heterocycles. The molecule has 0 fully saturated rings. The second kappa shape index (κ2) is 9.30. The zero-order valence-corrected chi connectivity index (χ0v) is 15.4. The Balaban J connectivity index is 1.86. The molecule has 0 heterocycles. The highest BCUT2D eigenvalue weighted by molar-refractivity contribution is 6.42. The highest BCUT2D eigenvalue weighted by Crippen LogP contribution is 2.25. The van der Waals surface area contributed by atoms with Gasteiger partial charge in [-0.3, -0.25) is 4.79 Å². The van der Waals surface area contributed by atoms with Gasteiger partial charge in [-0.15, -0.1) is 0 Å². The van der Waals surface area contributed by atoms with Gasteiger partial charge in [0.15, 0.2) is 0 Å². The first kappa shape index (κ1) is 19.1. The lowest BCUT2D eigenvalue weighted by molar-refractivity contribution is -0.121. The lowest BCUT2D eigenvalue weighted by Crippen LogP contribution is -2.34. The molecule has 0 spiro atoms. The van der Waals surface area contributed by atoms with Crippen molar-refractivity contribution in [2.75, 3.05) is 11.9 Å². The summed E-state index contributed by atoms with van der Waals surface area (Å²) in [6, 6.07) is 12.0. The maximum Gasteiger partial charge on any atom is 0.262 e. The number of ether oxygens (including phenoxy) is 1. The number of nitrogens with one attached hydrogen (secondary N) is 2. The van der Waals surface area contributed by atoms with Gasteiger partial charge < -0.3 is 10.1 Å². The number of rotatable bonds is 7. The summed E-state index contributed by atoms with van der Waals surface area (Å²) in [6.07, 6.45) is 1.57. The lowest BCUT2D eigenvalue weighted by atomic mass is 10.2. The topological polar surface area (TPSA) is 62.7 Å². The average molecular weight is 380 g/mol. The summed E-state index contributed by atoms with van der Waals surface area (Å²) in [5.74, 6) is 0.524. The maximum atomic E-state index is 12.1. The molecule has 1 amide bonds. The summed E-state index contributed by atoms with van der Waals surface area (Å²) in [7, 11) is 0. The highest BCUT2D eigenvalue weighted by atomic mass is 35.5. The van der Waals surface area contributed by atoms with Gasteiger partial charge in [-0.2, -0.15) is 5.10 Å². The van der Waals surface area contributed by atoms with E-state index in [1.807, 2.05) is 31.2 Å². The SMILES string of the molecule is CCOc1ccc(/C=N/NC(=O)C(C)Nc2ccc(Cl)c(Cl)c2)cc1. The minimum atomic E-state index is -0.491. The van der Waals surface area contributed by atoms with Crippen LogP contribution >= 0.6 is 23.2 Å². The molecule has 2 N–H and O–H groups in total. The second-order valence-electron chi connectivity index (χ2n) is 5.23. The Morgan fingerprint density at radius 3 is 2.56 bits per heavy atom. The third kappa shape index (κ3) is 5.96. The molecular formula is C18H19Cl2N3O2. The van der Waals surface area contributed by atoms with Crippen LogP contribution in [0.15, 0.2) is 47.6 Å². The monoisotopic (exact) mass is 379 g/mol. The number of hydrogen-bond donors (Lipinski definition) is 2. The van der Waals surface area contributed by atoms with Crippen LogP contribution in [-0.2, 0) is 4.79 Å².